The summed E-state index contributed by atoms with van der Waals surface area (Å²) in [6.45, 7) is 0. The average molecular weight is 686 g/mol. The molecule has 0 atom stereocenters. The molecule has 0 fully saturated rings. The Hall–Kier alpha value is -6.14. The van der Waals surface area contributed by atoms with Crippen molar-refractivity contribution in [3.05, 3.63) is 188 Å². The van der Waals surface area contributed by atoms with Crippen molar-refractivity contribution in [2.24, 2.45) is 0 Å². The maximum atomic E-state index is 4.93. The number of benzene rings is 6. The van der Waals surface area contributed by atoms with Gasteiger partial charge in [0.1, 0.15) is 5.82 Å². The molecule has 10 aromatic rings. The minimum absolute atomic E-state index is 0.914. The van der Waals surface area contributed by atoms with Gasteiger partial charge in [-0.3, -0.25) is 9.55 Å². The van der Waals surface area contributed by atoms with Crippen LogP contribution >= 0.6 is 11.3 Å². The number of hydrogen-bond acceptors (Lipinski definition) is 3. The standard InChI is InChI=1S/C46H31N3SSi/c1-3-15-33(16-4-1)51(34-17-5-2-6-18-34,35-19-13-14-32(28-35)41-21-9-11-26-47-41)36-24-25-37-39-31-45-40(38-20-7-8-22-44(38)50-45)30-43(39)49(42(37)29-36)46-23-10-12-27-48-46/h1-31H. The van der Waals surface area contributed by atoms with Crippen LogP contribution in [0.15, 0.2) is 188 Å². The van der Waals surface area contributed by atoms with Crippen molar-refractivity contribution in [1.82, 2.24) is 14.5 Å². The maximum Gasteiger partial charge on any atom is 0.179 e. The molecular weight excluding hydrogens is 655 g/mol. The first-order valence-corrected chi connectivity index (χ1v) is 20.0. The van der Waals surface area contributed by atoms with Crippen LogP contribution in [0.25, 0.3) is 59.1 Å². The van der Waals surface area contributed by atoms with Crippen LogP contribution in [0.4, 0.5) is 0 Å². The first kappa shape index (κ1) is 29.7. The Morgan fingerprint density at radius 3 is 1.82 bits per heavy atom. The van der Waals surface area contributed by atoms with E-state index in [0.717, 1.165) is 22.6 Å². The number of fused-ring (bicyclic) bond motifs is 6. The van der Waals surface area contributed by atoms with Gasteiger partial charge in [-0.05, 0) is 69.3 Å². The summed E-state index contributed by atoms with van der Waals surface area (Å²) in [5, 5.41) is 10.3. The third kappa shape index (κ3) is 4.70. The molecule has 0 aliphatic rings. The van der Waals surface area contributed by atoms with Gasteiger partial charge in [-0.15, -0.1) is 11.3 Å². The second-order valence-electron chi connectivity index (χ2n) is 13.0. The molecule has 0 aliphatic carbocycles. The molecular formula is C46H31N3SSi. The van der Waals surface area contributed by atoms with E-state index >= 15 is 0 Å². The van der Waals surface area contributed by atoms with Gasteiger partial charge >= 0.3 is 0 Å². The van der Waals surface area contributed by atoms with E-state index in [1.54, 1.807) is 0 Å². The van der Waals surface area contributed by atoms with Crippen molar-refractivity contribution >= 4 is 82.1 Å². The van der Waals surface area contributed by atoms with Gasteiger partial charge in [-0.2, -0.15) is 0 Å². The monoisotopic (exact) mass is 685 g/mol. The van der Waals surface area contributed by atoms with Crippen molar-refractivity contribution in [2.45, 2.75) is 0 Å². The summed E-state index contributed by atoms with van der Waals surface area (Å²) >= 11 is 1.87. The zero-order valence-electron chi connectivity index (χ0n) is 27.6. The molecule has 0 amide bonds. The van der Waals surface area contributed by atoms with E-state index in [2.05, 4.69) is 168 Å². The molecule has 3 nitrogen and oxygen atoms in total. The summed E-state index contributed by atoms with van der Waals surface area (Å²) in [5.41, 5.74) is 4.42. The number of hydrogen-bond donors (Lipinski definition) is 0. The summed E-state index contributed by atoms with van der Waals surface area (Å²) in [4.78, 5) is 9.68. The minimum atomic E-state index is -2.88. The smallest absolute Gasteiger partial charge is 0.179 e. The van der Waals surface area contributed by atoms with Gasteiger partial charge in [-0.1, -0.05) is 127 Å². The normalized spacial score (nSPS) is 11.9. The molecule has 0 saturated carbocycles. The number of aromatic nitrogens is 3. The van der Waals surface area contributed by atoms with Crippen LogP contribution in [0.2, 0.25) is 0 Å². The fourth-order valence-corrected chi connectivity index (χ4v) is 13.9. The topological polar surface area (TPSA) is 30.7 Å². The summed E-state index contributed by atoms with van der Waals surface area (Å²) < 4.78 is 4.99. The van der Waals surface area contributed by atoms with Gasteiger partial charge in [0.15, 0.2) is 8.07 Å². The largest absolute Gasteiger partial charge is 0.294 e. The van der Waals surface area contributed by atoms with Gasteiger partial charge in [0, 0.05) is 48.9 Å². The number of pyridine rings is 2. The highest BCUT2D eigenvalue weighted by atomic mass is 32.1. The van der Waals surface area contributed by atoms with Crippen LogP contribution in [0, 0.1) is 0 Å². The second-order valence-corrected chi connectivity index (χ2v) is 17.9. The summed E-state index contributed by atoms with van der Waals surface area (Å²) in [5.74, 6) is 0.914. The molecule has 0 saturated heterocycles. The van der Waals surface area contributed by atoms with E-state index in [4.69, 9.17) is 9.97 Å². The molecule has 240 valence electrons. The fourth-order valence-electron chi connectivity index (χ4n) is 8.02. The molecule has 5 heteroatoms. The highest BCUT2D eigenvalue weighted by Crippen LogP contribution is 2.40. The van der Waals surface area contributed by atoms with E-state index in [-0.39, 0.29) is 0 Å². The van der Waals surface area contributed by atoms with Crippen LogP contribution < -0.4 is 20.7 Å². The molecule has 51 heavy (non-hydrogen) atoms. The summed E-state index contributed by atoms with van der Waals surface area (Å²) in [6.07, 6.45) is 3.77. The van der Waals surface area contributed by atoms with Crippen LogP contribution in [0.5, 0.6) is 0 Å². The quantitative estimate of drug-likeness (QED) is 0.129. The summed E-state index contributed by atoms with van der Waals surface area (Å²) in [6, 6.07) is 64.4. The van der Waals surface area contributed by atoms with Crippen molar-refractivity contribution in [2.75, 3.05) is 0 Å². The molecule has 10 rings (SSSR count). The van der Waals surface area contributed by atoms with Crippen LogP contribution in [0.3, 0.4) is 0 Å². The average Bonchev–Trinajstić information content (AvgIpc) is 3.73. The van der Waals surface area contributed by atoms with Crippen LogP contribution in [0.1, 0.15) is 0 Å². The lowest BCUT2D eigenvalue weighted by Crippen LogP contribution is -2.74. The van der Waals surface area contributed by atoms with E-state index in [1.165, 1.54) is 57.2 Å². The van der Waals surface area contributed by atoms with E-state index in [9.17, 15) is 0 Å². The zero-order valence-corrected chi connectivity index (χ0v) is 29.5. The first-order valence-electron chi connectivity index (χ1n) is 17.2. The number of nitrogens with zero attached hydrogens (tertiary/aromatic N) is 3. The van der Waals surface area contributed by atoms with Gasteiger partial charge < -0.3 is 0 Å². The van der Waals surface area contributed by atoms with Crippen LogP contribution in [-0.4, -0.2) is 22.6 Å². The lowest BCUT2D eigenvalue weighted by Gasteiger charge is -2.34. The Morgan fingerprint density at radius 1 is 0.412 bits per heavy atom. The Morgan fingerprint density at radius 2 is 1.08 bits per heavy atom. The van der Waals surface area contributed by atoms with Crippen molar-refractivity contribution in [3.63, 3.8) is 0 Å². The number of thiophene rings is 1. The maximum absolute atomic E-state index is 4.93. The number of rotatable bonds is 6. The van der Waals surface area contributed by atoms with Gasteiger partial charge in [0.25, 0.3) is 0 Å². The Labute approximate surface area is 300 Å². The van der Waals surface area contributed by atoms with Crippen molar-refractivity contribution < 1.29 is 0 Å². The van der Waals surface area contributed by atoms with Gasteiger partial charge in [-0.25, -0.2) is 4.98 Å². The van der Waals surface area contributed by atoms with E-state index < -0.39 is 8.07 Å². The second kappa shape index (κ2) is 12.0. The van der Waals surface area contributed by atoms with Gasteiger partial charge in [0.2, 0.25) is 0 Å². The van der Waals surface area contributed by atoms with E-state index in [1.807, 2.05) is 35.9 Å². The molecule has 4 aromatic heterocycles. The fraction of sp³-hybridized carbons (Fsp3) is 0. The molecule has 0 aliphatic heterocycles. The van der Waals surface area contributed by atoms with Crippen LogP contribution in [-0.2, 0) is 0 Å². The zero-order chi connectivity index (χ0) is 33.8. The van der Waals surface area contributed by atoms with Crippen molar-refractivity contribution in [3.8, 4) is 17.1 Å². The molecule has 0 bridgehead atoms. The Balaban J connectivity index is 1.33. The predicted molar refractivity (Wildman–Crippen MR) is 218 cm³/mol. The highest BCUT2D eigenvalue weighted by molar-refractivity contribution is 7.26. The molecule has 0 radical (unpaired) electrons. The lowest BCUT2D eigenvalue weighted by molar-refractivity contribution is 1.08. The predicted octanol–water partition coefficient (Wildman–Crippen LogP) is 8.99. The Kier molecular flexibility index (Phi) is 7.01. The SMILES string of the molecule is c1ccc([Si](c2ccccc2)(c2cccc(-c3ccccn3)c2)c2ccc3c4cc5sc6ccccc6c5cc4n(-c4ccccn4)c3c2)cc1. The third-order valence-corrected chi connectivity index (χ3v) is 16.1. The lowest BCUT2D eigenvalue weighted by atomic mass is 10.1. The molecule has 4 heterocycles. The van der Waals surface area contributed by atoms with Crippen molar-refractivity contribution in [1.29, 1.82) is 0 Å². The molecule has 6 aromatic carbocycles. The molecule has 0 N–H and O–H groups in total. The highest BCUT2D eigenvalue weighted by Gasteiger charge is 2.42. The minimum Gasteiger partial charge on any atom is -0.294 e. The third-order valence-electron chi connectivity index (χ3n) is 10.2. The summed E-state index contributed by atoms with van der Waals surface area (Å²) in [7, 11) is -2.88. The molecule has 0 unspecified atom stereocenters. The first-order chi connectivity index (χ1) is 25.3. The van der Waals surface area contributed by atoms with Gasteiger partial charge in [0.05, 0.1) is 16.7 Å². The Bertz CT molecular complexity index is 2810. The van der Waals surface area contributed by atoms with E-state index in [0.29, 0.717) is 0 Å². The molecule has 0 spiro atoms.